The molecule has 1 aromatic carbocycles. The Morgan fingerprint density at radius 3 is 2.80 bits per heavy atom. The standard InChI is InChI=1S/C15H24FN3O/c1-12(2)20-9-5-8-18-15(17-3)19-11-13-6-4-7-14(16)10-13/h4,6-7,10,12H,5,8-9,11H2,1-3H3,(H2,17,18,19). The number of nitrogens with zero attached hydrogens (tertiary/aromatic N) is 1. The van der Waals surface area contributed by atoms with Gasteiger partial charge in [0.05, 0.1) is 6.10 Å². The lowest BCUT2D eigenvalue weighted by atomic mass is 10.2. The molecular weight excluding hydrogens is 257 g/mol. The second-order valence-corrected chi connectivity index (χ2v) is 4.76. The monoisotopic (exact) mass is 281 g/mol. The summed E-state index contributed by atoms with van der Waals surface area (Å²) in [6.07, 6.45) is 1.18. The molecule has 2 N–H and O–H groups in total. The molecule has 1 aromatic rings. The SMILES string of the molecule is CN=C(NCCCOC(C)C)NCc1cccc(F)c1. The zero-order valence-electron chi connectivity index (χ0n) is 12.4. The fraction of sp³-hybridized carbons (Fsp3) is 0.533. The van der Waals surface area contributed by atoms with E-state index in [-0.39, 0.29) is 11.9 Å². The highest BCUT2D eigenvalue weighted by atomic mass is 19.1. The first-order chi connectivity index (χ1) is 9.61. The van der Waals surface area contributed by atoms with Crippen molar-refractivity contribution in [3.05, 3.63) is 35.6 Å². The lowest BCUT2D eigenvalue weighted by molar-refractivity contribution is 0.0776. The lowest BCUT2D eigenvalue weighted by Gasteiger charge is -2.12. The molecule has 112 valence electrons. The molecule has 0 aliphatic rings. The van der Waals surface area contributed by atoms with Crippen LogP contribution in [-0.4, -0.2) is 32.3 Å². The van der Waals surface area contributed by atoms with Crippen LogP contribution in [-0.2, 0) is 11.3 Å². The Morgan fingerprint density at radius 2 is 2.15 bits per heavy atom. The van der Waals surface area contributed by atoms with E-state index in [0.29, 0.717) is 12.5 Å². The van der Waals surface area contributed by atoms with Crippen LogP contribution in [0.2, 0.25) is 0 Å². The maximum Gasteiger partial charge on any atom is 0.191 e. The average Bonchev–Trinajstić information content (AvgIpc) is 2.41. The van der Waals surface area contributed by atoms with E-state index in [2.05, 4.69) is 15.6 Å². The van der Waals surface area contributed by atoms with Crippen LogP contribution in [0, 0.1) is 5.82 Å². The Morgan fingerprint density at radius 1 is 1.35 bits per heavy atom. The fourth-order valence-electron chi connectivity index (χ4n) is 1.65. The largest absolute Gasteiger partial charge is 0.379 e. The van der Waals surface area contributed by atoms with Crippen LogP contribution in [0.1, 0.15) is 25.8 Å². The summed E-state index contributed by atoms with van der Waals surface area (Å²) in [5, 5.41) is 6.34. The number of aliphatic imine (C=N–C) groups is 1. The van der Waals surface area contributed by atoms with Crippen molar-refractivity contribution in [2.75, 3.05) is 20.2 Å². The highest BCUT2D eigenvalue weighted by Gasteiger charge is 1.99. The average molecular weight is 281 g/mol. The third-order valence-electron chi connectivity index (χ3n) is 2.64. The molecule has 0 bridgehead atoms. The summed E-state index contributed by atoms with van der Waals surface area (Å²) in [5.74, 6) is 0.483. The summed E-state index contributed by atoms with van der Waals surface area (Å²) in [6, 6.07) is 6.52. The number of nitrogens with one attached hydrogen (secondary N) is 2. The van der Waals surface area contributed by atoms with E-state index in [1.807, 2.05) is 19.9 Å². The number of hydrogen-bond donors (Lipinski definition) is 2. The smallest absolute Gasteiger partial charge is 0.191 e. The maximum absolute atomic E-state index is 13.0. The Balaban J connectivity index is 2.23. The van der Waals surface area contributed by atoms with Gasteiger partial charge >= 0.3 is 0 Å². The van der Waals surface area contributed by atoms with Gasteiger partial charge in [-0.05, 0) is 38.0 Å². The minimum atomic E-state index is -0.224. The molecule has 0 fully saturated rings. The van der Waals surface area contributed by atoms with Gasteiger partial charge in [-0.3, -0.25) is 4.99 Å². The van der Waals surface area contributed by atoms with Crippen molar-refractivity contribution in [2.24, 2.45) is 4.99 Å². The van der Waals surface area contributed by atoms with Gasteiger partial charge in [-0.15, -0.1) is 0 Å². The summed E-state index contributed by atoms with van der Waals surface area (Å²) in [6.45, 7) is 6.10. The van der Waals surface area contributed by atoms with Crippen molar-refractivity contribution in [1.29, 1.82) is 0 Å². The van der Waals surface area contributed by atoms with Gasteiger partial charge in [-0.25, -0.2) is 4.39 Å². The minimum absolute atomic E-state index is 0.224. The number of ether oxygens (including phenoxy) is 1. The Kier molecular flexibility index (Phi) is 7.65. The number of guanidine groups is 1. The highest BCUT2D eigenvalue weighted by Crippen LogP contribution is 2.02. The molecule has 0 saturated heterocycles. The van der Waals surface area contributed by atoms with Gasteiger partial charge in [0.25, 0.3) is 0 Å². The third-order valence-corrected chi connectivity index (χ3v) is 2.64. The number of hydrogen-bond acceptors (Lipinski definition) is 2. The van der Waals surface area contributed by atoms with E-state index in [1.54, 1.807) is 13.1 Å². The molecule has 0 saturated carbocycles. The third kappa shape index (κ3) is 7.09. The molecule has 0 unspecified atom stereocenters. The Labute approximate surface area is 120 Å². The van der Waals surface area contributed by atoms with Gasteiger partial charge in [0.2, 0.25) is 0 Å². The predicted molar refractivity (Wildman–Crippen MR) is 80.3 cm³/mol. The molecule has 0 aliphatic heterocycles. The second-order valence-electron chi connectivity index (χ2n) is 4.76. The van der Waals surface area contributed by atoms with Gasteiger partial charge in [-0.2, -0.15) is 0 Å². The minimum Gasteiger partial charge on any atom is -0.379 e. The van der Waals surface area contributed by atoms with Crippen molar-refractivity contribution >= 4 is 5.96 Å². The summed E-state index contributed by atoms with van der Waals surface area (Å²) < 4.78 is 18.5. The molecule has 4 nitrogen and oxygen atoms in total. The molecule has 20 heavy (non-hydrogen) atoms. The van der Waals surface area contributed by atoms with Gasteiger partial charge in [0.15, 0.2) is 5.96 Å². The van der Waals surface area contributed by atoms with Crippen LogP contribution in [0.3, 0.4) is 0 Å². The van der Waals surface area contributed by atoms with E-state index < -0.39 is 0 Å². The second kappa shape index (κ2) is 9.31. The number of rotatable bonds is 7. The molecule has 5 heteroatoms. The fourth-order valence-corrected chi connectivity index (χ4v) is 1.65. The topological polar surface area (TPSA) is 45.7 Å². The predicted octanol–water partition coefficient (Wildman–Crippen LogP) is 2.31. The van der Waals surface area contributed by atoms with E-state index >= 15 is 0 Å². The Hall–Kier alpha value is -1.62. The first-order valence-corrected chi connectivity index (χ1v) is 6.92. The zero-order chi connectivity index (χ0) is 14.8. The van der Waals surface area contributed by atoms with E-state index in [1.165, 1.54) is 12.1 Å². The quantitative estimate of drug-likeness (QED) is 0.458. The molecule has 0 aromatic heterocycles. The van der Waals surface area contributed by atoms with Gasteiger partial charge in [-0.1, -0.05) is 12.1 Å². The summed E-state index contributed by atoms with van der Waals surface area (Å²) in [5.41, 5.74) is 0.885. The van der Waals surface area contributed by atoms with Crippen molar-refractivity contribution in [2.45, 2.75) is 32.9 Å². The summed E-state index contributed by atoms with van der Waals surface area (Å²) >= 11 is 0. The first-order valence-electron chi connectivity index (χ1n) is 6.92. The van der Waals surface area contributed by atoms with Crippen LogP contribution in [0.5, 0.6) is 0 Å². The molecule has 0 heterocycles. The Bertz CT molecular complexity index is 421. The molecule has 0 aliphatic carbocycles. The normalized spacial score (nSPS) is 11.8. The van der Waals surface area contributed by atoms with Gasteiger partial charge < -0.3 is 15.4 Å². The number of halogens is 1. The molecule has 0 spiro atoms. The van der Waals surface area contributed by atoms with Crippen molar-refractivity contribution in [3.8, 4) is 0 Å². The summed E-state index contributed by atoms with van der Waals surface area (Å²) in [7, 11) is 1.71. The van der Waals surface area contributed by atoms with Crippen LogP contribution < -0.4 is 10.6 Å². The van der Waals surface area contributed by atoms with Crippen LogP contribution in [0.25, 0.3) is 0 Å². The van der Waals surface area contributed by atoms with Gasteiger partial charge in [0.1, 0.15) is 5.82 Å². The maximum atomic E-state index is 13.0. The van der Waals surface area contributed by atoms with Crippen molar-refractivity contribution < 1.29 is 9.13 Å². The first kappa shape index (κ1) is 16.4. The van der Waals surface area contributed by atoms with Crippen LogP contribution in [0.15, 0.2) is 29.3 Å². The van der Waals surface area contributed by atoms with Crippen molar-refractivity contribution in [3.63, 3.8) is 0 Å². The van der Waals surface area contributed by atoms with E-state index in [0.717, 1.165) is 25.1 Å². The molecule has 1 rings (SSSR count). The molecular formula is C15H24FN3O. The van der Waals surface area contributed by atoms with Crippen LogP contribution >= 0.6 is 0 Å². The van der Waals surface area contributed by atoms with Gasteiger partial charge in [0, 0.05) is 26.7 Å². The number of benzene rings is 1. The van der Waals surface area contributed by atoms with E-state index in [4.69, 9.17) is 4.74 Å². The molecule has 0 atom stereocenters. The molecule has 0 radical (unpaired) electrons. The lowest BCUT2D eigenvalue weighted by Crippen LogP contribution is -2.37. The van der Waals surface area contributed by atoms with Crippen LogP contribution in [0.4, 0.5) is 4.39 Å². The summed E-state index contributed by atoms with van der Waals surface area (Å²) in [4.78, 5) is 4.12. The highest BCUT2D eigenvalue weighted by molar-refractivity contribution is 5.79. The van der Waals surface area contributed by atoms with Crippen molar-refractivity contribution in [1.82, 2.24) is 10.6 Å². The molecule has 0 amide bonds. The zero-order valence-corrected chi connectivity index (χ0v) is 12.4. The van der Waals surface area contributed by atoms with E-state index in [9.17, 15) is 4.39 Å².